The van der Waals surface area contributed by atoms with Gasteiger partial charge in [0.25, 0.3) is 5.91 Å². The number of carbonyl (C=O) groups excluding carboxylic acids is 2. The number of alkyl halides is 3. The normalized spacial score (nSPS) is 10.9. The SMILES string of the molecule is O=C(CNC(=O)c1ccccc1Cl)Nc1ccc(OC(F)(F)F)cc1. The van der Waals surface area contributed by atoms with Gasteiger partial charge in [-0.3, -0.25) is 9.59 Å². The Balaban J connectivity index is 1.86. The molecule has 0 aliphatic rings. The first-order chi connectivity index (χ1) is 11.7. The van der Waals surface area contributed by atoms with Gasteiger partial charge in [-0.2, -0.15) is 0 Å². The Morgan fingerprint density at radius 2 is 1.68 bits per heavy atom. The Morgan fingerprint density at radius 1 is 1.04 bits per heavy atom. The average Bonchev–Trinajstić information content (AvgIpc) is 2.53. The van der Waals surface area contributed by atoms with Crippen molar-refractivity contribution < 1.29 is 27.5 Å². The molecule has 0 saturated carbocycles. The monoisotopic (exact) mass is 372 g/mol. The van der Waals surface area contributed by atoms with Crippen molar-refractivity contribution in [1.82, 2.24) is 5.32 Å². The van der Waals surface area contributed by atoms with Crippen LogP contribution in [-0.2, 0) is 4.79 Å². The molecule has 132 valence electrons. The summed E-state index contributed by atoms with van der Waals surface area (Å²) in [7, 11) is 0. The van der Waals surface area contributed by atoms with Crippen molar-refractivity contribution in [2.75, 3.05) is 11.9 Å². The van der Waals surface area contributed by atoms with Crippen LogP contribution in [0.3, 0.4) is 0 Å². The number of hydrogen-bond donors (Lipinski definition) is 2. The second-order valence-electron chi connectivity index (χ2n) is 4.78. The number of amides is 2. The first-order valence-corrected chi connectivity index (χ1v) is 7.31. The zero-order valence-corrected chi connectivity index (χ0v) is 13.3. The van der Waals surface area contributed by atoms with E-state index < -0.39 is 23.9 Å². The number of nitrogens with one attached hydrogen (secondary N) is 2. The summed E-state index contributed by atoms with van der Waals surface area (Å²) in [6, 6.07) is 11.0. The van der Waals surface area contributed by atoms with Gasteiger partial charge in [0.2, 0.25) is 5.91 Å². The molecule has 0 atom stereocenters. The van der Waals surface area contributed by atoms with Crippen molar-refractivity contribution >= 4 is 29.1 Å². The molecule has 2 aromatic rings. The molecule has 0 aliphatic carbocycles. The second-order valence-corrected chi connectivity index (χ2v) is 5.19. The minimum Gasteiger partial charge on any atom is -0.406 e. The molecule has 0 fully saturated rings. The molecular formula is C16H12ClF3N2O3. The lowest BCUT2D eigenvalue weighted by Gasteiger charge is -2.10. The highest BCUT2D eigenvalue weighted by Gasteiger charge is 2.30. The van der Waals surface area contributed by atoms with E-state index in [4.69, 9.17) is 11.6 Å². The molecule has 25 heavy (non-hydrogen) atoms. The summed E-state index contributed by atoms with van der Waals surface area (Å²) in [6.07, 6.45) is -4.78. The summed E-state index contributed by atoms with van der Waals surface area (Å²) in [5.74, 6) is -1.47. The molecular weight excluding hydrogens is 361 g/mol. The lowest BCUT2D eigenvalue weighted by Crippen LogP contribution is -2.33. The van der Waals surface area contributed by atoms with Crippen molar-refractivity contribution in [3.8, 4) is 5.75 Å². The van der Waals surface area contributed by atoms with Gasteiger partial charge < -0.3 is 15.4 Å². The third-order valence-corrected chi connectivity index (χ3v) is 3.23. The number of ether oxygens (including phenoxy) is 1. The van der Waals surface area contributed by atoms with Gasteiger partial charge in [-0.05, 0) is 36.4 Å². The molecule has 2 rings (SSSR count). The number of carbonyl (C=O) groups is 2. The minimum atomic E-state index is -4.78. The summed E-state index contributed by atoms with van der Waals surface area (Å²) in [5, 5.41) is 5.07. The summed E-state index contributed by atoms with van der Waals surface area (Å²) >= 11 is 5.87. The van der Waals surface area contributed by atoms with Crippen LogP contribution >= 0.6 is 11.6 Å². The molecule has 9 heteroatoms. The molecule has 0 unspecified atom stereocenters. The van der Waals surface area contributed by atoms with Gasteiger partial charge in [0, 0.05) is 5.69 Å². The zero-order valence-electron chi connectivity index (χ0n) is 12.6. The van der Waals surface area contributed by atoms with Crippen molar-refractivity contribution in [2.24, 2.45) is 0 Å². The quantitative estimate of drug-likeness (QED) is 0.842. The molecule has 0 bridgehead atoms. The Bertz CT molecular complexity index is 764. The number of benzene rings is 2. The number of rotatable bonds is 5. The lowest BCUT2D eigenvalue weighted by atomic mass is 10.2. The Kier molecular flexibility index (Phi) is 5.87. The highest BCUT2D eigenvalue weighted by atomic mass is 35.5. The van der Waals surface area contributed by atoms with Gasteiger partial charge in [-0.1, -0.05) is 23.7 Å². The first-order valence-electron chi connectivity index (χ1n) is 6.93. The van der Waals surface area contributed by atoms with E-state index in [2.05, 4.69) is 15.4 Å². The smallest absolute Gasteiger partial charge is 0.406 e. The van der Waals surface area contributed by atoms with Gasteiger partial charge in [-0.25, -0.2) is 0 Å². The molecule has 0 heterocycles. The summed E-state index contributed by atoms with van der Waals surface area (Å²) in [4.78, 5) is 23.7. The zero-order chi connectivity index (χ0) is 18.4. The third-order valence-electron chi connectivity index (χ3n) is 2.90. The van der Waals surface area contributed by atoms with Crippen LogP contribution in [0, 0.1) is 0 Å². The highest BCUT2D eigenvalue weighted by molar-refractivity contribution is 6.33. The molecule has 0 aromatic heterocycles. The number of anilines is 1. The molecule has 5 nitrogen and oxygen atoms in total. The lowest BCUT2D eigenvalue weighted by molar-refractivity contribution is -0.274. The van der Waals surface area contributed by atoms with E-state index in [-0.39, 0.29) is 22.8 Å². The van der Waals surface area contributed by atoms with Gasteiger partial charge in [-0.15, -0.1) is 13.2 Å². The van der Waals surface area contributed by atoms with Crippen molar-refractivity contribution in [1.29, 1.82) is 0 Å². The van der Waals surface area contributed by atoms with E-state index in [9.17, 15) is 22.8 Å². The predicted molar refractivity (Wildman–Crippen MR) is 85.5 cm³/mol. The largest absolute Gasteiger partial charge is 0.573 e. The summed E-state index contributed by atoms with van der Waals surface area (Å²) < 4.78 is 39.9. The first kappa shape index (κ1) is 18.6. The molecule has 2 aromatic carbocycles. The molecule has 2 N–H and O–H groups in total. The Morgan fingerprint density at radius 3 is 2.28 bits per heavy atom. The number of halogens is 4. The van der Waals surface area contributed by atoms with Crippen molar-refractivity contribution in [3.05, 3.63) is 59.1 Å². The van der Waals surface area contributed by atoms with E-state index in [0.29, 0.717) is 0 Å². The van der Waals surface area contributed by atoms with E-state index in [1.807, 2.05) is 0 Å². The molecule has 0 radical (unpaired) electrons. The maximum absolute atomic E-state index is 12.1. The minimum absolute atomic E-state index is 0.227. The topological polar surface area (TPSA) is 67.4 Å². The highest BCUT2D eigenvalue weighted by Crippen LogP contribution is 2.23. The van der Waals surface area contributed by atoms with Crippen LogP contribution in [0.15, 0.2) is 48.5 Å². The fourth-order valence-electron chi connectivity index (χ4n) is 1.85. The van der Waals surface area contributed by atoms with Gasteiger partial charge in [0.1, 0.15) is 5.75 Å². The van der Waals surface area contributed by atoms with Gasteiger partial charge >= 0.3 is 6.36 Å². The van der Waals surface area contributed by atoms with E-state index in [1.165, 1.54) is 18.2 Å². The average molecular weight is 373 g/mol. The van der Waals surface area contributed by atoms with Crippen LogP contribution in [0.25, 0.3) is 0 Å². The van der Waals surface area contributed by atoms with Crippen LogP contribution in [0.4, 0.5) is 18.9 Å². The molecule has 0 spiro atoms. The van der Waals surface area contributed by atoms with Crippen LogP contribution in [-0.4, -0.2) is 24.7 Å². The summed E-state index contributed by atoms with van der Waals surface area (Å²) in [6.45, 7) is -0.329. The van der Waals surface area contributed by atoms with E-state index in [1.54, 1.807) is 18.2 Å². The molecule has 0 saturated heterocycles. The fraction of sp³-hybridized carbons (Fsp3) is 0.125. The van der Waals surface area contributed by atoms with E-state index >= 15 is 0 Å². The van der Waals surface area contributed by atoms with Crippen LogP contribution in [0.2, 0.25) is 5.02 Å². The van der Waals surface area contributed by atoms with Crippen molar-refractivity contribution in [3.63, 3.8) is 0 Å². The van der Waals surface area contributed by atoms with Crippen LogP contribution < -0.4 is 15.4 Å². The Labute approximate surface area is 145 Å². The Hall–Kier alpha value is -2.74. The van der Waals surface area contributed by atoms with Crippen molar-refractivity contribution in [2.45, 2.75) is 6.36 Å². The van der Waals surface area contributed by atoms with Crippen LogP contribution in [0.5, 0.6) is 5.75 Å². The fourth-order valence-corrected chi connectivity index (χ4v) is 2.07. The second kappa shape index (κ2) is 7.89. The standard InChI is InChI=1S/C16H12ClF3N2O3/c17-13-4-2-1-3-12(13)15(24)21-9-14(23)22-10-5-7-11(8-6-10)25-16(18,19)20/h1-8H,9H2,(H,21,24)(H,22,23). The number of hydrogen-bond acceptors (Lipinski definition) is 3. The molecule has 2 amide bonds. The summed E-state index contributed by atoms with van der Waals surface area (Å²) in [5.41, 5.74) is 0.483. The maximum Gasteiger partial charge on any atom is 0.573 e. The van der Waals surface area contributed by atoms with E-state index in [0.717, 1.165) is 12.1 Å². The third kappa shape index (κ3) is 6.00. The van der Waals surface area contributed by atoms with Gasteiger partial charge in [0.05, 0.1) is 17.1 Å². The van der Waals surface area contributed by atoms with Crippen LogP contribution in [0.1, 0.15) is 10.4 Å². The molecule has 0 aliphatic heterocycles. The van der Waals surface area contributed by atoms with Gasteiger partial charge in [0.15, 0.2) is 0 Å². The predicted octanol–water partition coefficient (Wildman–Crippen LogP) is 3.61. The maximum atomic E-state index is 12.1.